The first-order chi connectivity index (χ1) is 11.5. The Morgan fingerprint density at radius 1 is 1.38 bits per heavy atom. The molecule has 1 fully saturated rings. The summed E-state index contributed by atoms with van der Waals surface area (Å²) in [5.74, 6) is -2.45. The van der Waals surface area contributed by atoms with E-state index < -0.39 is 26.5 Å². The number of aliphatic carboxylic acids is 1. The van der Waals surface area contributed by atoms with Gasteiger partial charge in [0.05, 0.1) is 19.3 Å². The monoisotopic (exact) mass is 352 g/mol. The first-order valence-electron chi connectivity index (χ1n) is 7.28. The fourth-order valence-electron chi connectivity index (χ4n) is 2.22. The van der Waals surface area contributed by atoms with E-state index in [0.717, 1.165) is 0 Å². The zero-order chi connectivity index (χ0) is 17.5. The van der Waals surface area contributed by atoms with Crippen molar-refractivity contribution in [2.45, 2.75) is 19.4 Å². The van der Waals surface area contributed by atoms with Gasteiger partial charge in [-0.25, -0.2) is 9.36 Å². The highest BCUT2D eigenvalue weighted by molar-refractivity contribution is 7.17. The summed E-state index contributed by atoms with van der Waals surface area (Å²) in [4.78, 5) is 23.9. The molecular weight excluding hydrogens is 335 g/mol. The predicted molar refractivity (Wildman–Crippen MR) is 83.8 cm³/mol. The molecule has 7 nitrogen and oxygen atoms in total. The summed E-state index contributed by atoms with van der Waals surface area (Å²) in [6.07, 6.45) is 0.164. The Bertz CT molecular complexity index is 637. The number of rotatable bonds is 9. The van der Waals surface area contributed by atoms with Crippen LogP contribution in [0.1, 0.15) is 13.3 Å². The molecule has 1 saturated heterocycles. The van der Waals surface area contributed by atoms with Crippen molar-refractivity contribution in [3.63, 3.8) is 0 Å². The van der Waals surface area contributed by atoms with Crippen molar-refractivity contribution >= 4 is 20.6 Å². The van der Waals surface area contributed by atoms with Gasteiger partial charge >= 0.3 is 20.6 Å². The van der Waals surface area contributed by atoms with Gasteiger partial charge in [-0.1, -0.05) is 18.2 Å². The maximum absolute atomic E-state index is 12.5. The number of hydrogen-bond donors (Lipinski definition) is 1. The molecule has 0 bridgehead atoms. The van der Waals surface area contributed by atoms with Gasteiger partial charge in [0, 0.05) is 5.57 Å². The fourth-order valence-corrected chi connectivity index (χ4v) is 2.43. The second kappa shape index (κ2) is 8.68. The standard InChI is InChI=1S/C16H17O7P/c1-10(15(17)18)13(7-12-8-21-12)14(9-22-24-20)16(19)23-11-5-3-2-4-6-11/h2-6,12,14H,7-9H2,1H3,(H,17,18). The van der Waals surface area contributed by atoms with Crippen molar-refractivity contribution in [3.05, 3.63) is 41.5 Å². The Labute approximate surface area is 140 Å². The highest BCUT2D eigenvalue weighted by Gasteiger charge is 2.34. The average molecular weight is 352 g/mol. The lowest BCUT2D eigenvalue weighted by Crippen LogP contribution is -2.28. The first kappa shape index (κ1) is 18.3. The van der Waals surface area contributed by atoms with Gasteiger partial charge in [0.2, 0.25) is 0 Å². The average Bonchev–Trinajstić information content (AvgIpc) is 3.38. The Balaban J connectivity index is 2.26. The minimum absolute atomic E-state index is 0.0340. The van der Waals surface area contributed by atoms with Crippen molar-refractivity contribution in [1.29, 1.82) is 0 Å². The molecule has 0 saturated carbocycles. The molecule has 1 aliphatic heterocycles. The van der Waals surface area contributed by atoms with Gasteiger partial charge in [-0.05, 0) is 31.1 Å². The van der Waals surface area contributed by atoms with E-state index in [9.17, 15) is 19.3 Å². The van der Waals surface area contributed by atoms with E-state index >= 15 is 0 Å². The zero-order valence-electron chi connectivity index (χ0n) is 13.0. The summed E-state index contributed by atoms with van der Waals surface area (Å²) in [5.41, 5.74) is 0.390. The molecule has 128 valence electrons. The first-order valence-corrected chi connectivity index (χ1v) is 8.01. The molecule has 1 aromatic rings. The highest BCUT2D eigenvalue weighted by atomic mass is 31.1. The van der Waals surface area contributed by atoms with Crippen LogP contribution in [0.15, 0.2) is 41.5 Å². The van der Waals surface area contributed by atoms with E-state index in [2.05, 4.69) is 0 Å². The van der Waals surface area contributed by atoms with Gasteiger partial charge in [0.25, 0.3) is 0 Å². The van der Waals surface area contributed by atoms with E-state index in [4.69, 9.17) is 14.0 Å². The van der Waals surface area contributed by atoms with Crippen molar-refractivity contribution < 1.29 is 33.3 Å². The number of esters is 1. The number of carbonyl (C=O) groups is 2. The fraction of sp³-hybridized carbons (Fsp3) is 0.375. The molecular formula is C16H17O7P. The Morgan fingerprint density at radius 3 is 2.58 bits per heavy atom. The smallest absolute Gasteiger partial charge is 0.331 e. The van der Waals surface area contributed by atoms with Crippen molar-refractivity contribution in [2.24, 2.45) is 5.92 Å². The van der Waals surface area contributed by atoms with Crippen LogP contribution in [-0.4, -0.2) is 36.4 Å². The van der Waals surface area contributed by atoms with E-state index in [0.29, 0.717) is 17.9 Å². The van der Waals surface area contributed by atoms with Crippen LogP contribution >= 0.6 is 8.69 Å². The summed E-state index contributed by atoms with van der Waals surface area (Å²) < 4.78 is 25.9. The predicted octanol–water partition coefficient (Wildman–Crippen LogP) is 2.62. The molecule has 1 heterocycles. The van der Waals surface area contributed by atoms with Crippen LogP contribution in [0.2, 0.25) is 0 Å². The number of ether oxygens (including phenoxy) is 2. The molecule has 2 atom stereocenters. The van der Waals surface area contributed by atoms with Gasteiger partial charge in [-0.2, -0.15) is 0 Å². The maximum Gasteiger partial charge on any atom is 0.331 e. The Morgan fingerprint density at radius 2 is 2.04 bits per heavy atom. The van der Waals surface area contributed by atoms with Crippen LogP contribution in [0.3, 0.4) is 0 Å². The topological polar surface area (TPSA) is 102 Å². The lowest BCUT2D eigenvalue weighted by Gasteiger charge is -2.19. The normalized spacial score (nSPS) is 18.6. The summed E-state index contributed by atoms with van der Waals surface area (Å²) in [6, 6.07) is 8.42. The summed E-state index contributed by atoms with van der Waals surface area (Å²) in [7, 11) is -0.594. The molecule has 24 heavy (non-hydrogen) atoms. The summed E-state index contributed by atoms with van der Waals surface area (Å²) in [5, 5.41) is 9.28. The lowest BCUT2D eigenvalue weighted by atomic mass is 9.91. The molecule has 0 radical (unpaired) electrons. The van der Waals surface area contributed by atoms with Gasteiger partial charge in [-0.3, -0.25) is 9.32 Å². The number of benzene rings is 1. The molecule has 0 aromatic heterocycles. The number of hydrogen-bond acceptors (Lipinski definition) is 6. The number of carbonyl (C=O) groups excluding carboxylic acids is 1. The van der Waals surface area contributed by atoms with Crippen LogP contribution in [0.5, 0.6) is 5.75 Å². The maximum atomic E-state index is 12.5. The largest absolute Gasteiger partial charge is 0.478 e. The van der Waals surface area contributed by atoms with E-state index in [1.54, 1.807) is 30.3 Å². The number of carboxylic acids is 1. The third kappa shape index (κ3) is 5.23. The molecule has 1 aromatic carbocycles. The van der Waals surface area contributed by atoms with Crippen molar-refractivity contribution in [1.82, 2.24) is 0 Å². The molecule has 8 heteroatoms. The minimum atomic E-state index is -1.14. The van der Waals surface area contributed by atoms with Crippen molar-refractivity contribution in [2.75, 3.05) is 13.2 Å². The third-order valence-corrected chi connectivity index (χ3v) is 3.87. The quantitative estimate of drug-likeness (QED) is 0.240. The number of para-hydroxylation sites is 1. The highest BCUT2D eigenvalue weighted by Crippen LogP contribution is 2.29. The Hall–Kier alpha value is -2.08. The summed E-state index contributed by atoms with van der Waals surface area (Å²) in [6.45, 7) is 1.68. The SMILES string of the molecule is CC(C(=O)O)=C(CC1CO1)C(COP=O)C(=O)Oc1ccccc1. The number of carboxylic acid groups (broad SMARTS) is 1. The lowest BCUT2D eigenvalue weighted by molar-refractivity contribution is -0.138. The van der Waals surface area contributed by atoms with Gasteiger partial charge in [-0.15, -0.1) is 0 Å². The van der Waals surface area contributed by atoms with E-state index in [1.165, 1.54) is 6.92 Å². The molecule has 1 N–H and O–H groups in total. The van der Waals surface area contributed by atoms with Crippen LogP contribution in [-0.2, 0) is 23.4 Å². The van der Waals surface area contributed by atoms with Gasteiger partial charge in [0.1, 0.15) is 11.7 Å². The molecule has 2 rings (SSSR count). The number of epoxide rings is 1. The van der Waals surface area contributed by atoms with Crippen molar-refractivity contribution in [3.8, 4) is 5.75 Å². The molecule has 2 unspecified atom stereocenters. The van der Waals surface area contributed by atoms with E-state index in [-0.39, 0.29) is 24.7 Å². The van der Waals surface area contributed by atoms with Crippen LogP contribution in [0.25, 0.3) is 0 Å². The summed E-state index contributed by atoms with van der Waals surface area (Å²) >= 11 is 0. The second-order valence-corrected chi connectivity index (χ2v) is 5.68. The van der Waals surface area contributed by atoms with Crippen LogP contribution < -0.4 is 4.74 Å². The Kier molecular flexibility index (Phi) is 6.61. The minimum Gasteiger partial charge on any atom is -0.478 e. The van der Waals surface area contributed by atoms with Gasteiger partial charge < -0.3 is 14.6 Å². The van der Waals surface area contributed by atoms with E-state index in [1.807, 2.05) is 0 Å². The van der Waals surface area contributed by atoms with Crippen LogP contribution in [0.4, 0.5) is 0 Å². The second-order valence-electron chi connectivity index (χ2n) is 5.27. The molecule has 0 amide bonds. The van der Waals surface area contributed by atoms with Gasteiger partial charge in [0.15, 0.2) is 0 Å². The molecule has 1 aliphatic rings. The van der Waals surface area contributed by atoms with Crippen LogP contribution in [0, 0.1) is 5.92 Å². The third-order valence-electron chi connectivity index (χ3n) is 3.61. The molecule has 0 spiro atoms. The zero-order valence-corrected chi connectivity index (χ0v) is 13.9. The molecule has 0 aliphatic carbocycles.